The van der Waals surface area contributed by atoms with Gasteiger partial charge in [0.05, 0.1) is 4.51 Å². The van der Waals surface area contributed by atoms with Crippen molar-refractivity contribution in [1.82, 2.24) is 4.57 Å². The standard InChI is InChI=1S/C11H11NS/c1-8-7-12(2)10-6-4-3-5-9(10)11(8)13/h3-7H,1-2H3. The van der Waals surface area contributed by atoms with Gasteiger partial charge in [0.1, 0.15) is 0 Å². The largest absolute Gasteiger partial charge is 0.350 e. The Morgan fingerprint density at radius 1 is 1.23 bits per heavy atom. The molecule has 0 saturated carbocycles. The first kappa shape index (κ1) is 8.45. The molecule has 0 amide bonds. The lowest BCUT2D eigenvalue weighted by molar-refractivity contribution is 0.941. The summed E-state index contributed by atoms with van der Waals surface area (Å²) < 4.78 is 3.08. The minimum atomic E-state index is 0.966. The quantitative estimate of drug-likeness (QED) is 0.576. The number of hydrogen-bond donors (Lipinski definition) is 0. The monoisotopic (exact) mass is 189 g/mol. The van der Waals surface area contributed by atoms with Crippen molar-refractivity contribution in [3.63, 3.8) is 0 Å². The first-order chi connectivity index (χ1) is 6.20. The van der Waals surface area contributed by atoms with Crippen molar-refractivity contribution in [1.29, 1.82) is 0 Å². The van der Waals surface area contributed by atoms with Crippen LogP contribution < -0.4 is 0 Å². The van der Waals surface area contributed by atoms with E-state index in [2.05, 4.69) is 29.8 Å². The molecule has 0 unspecified atom stereocenters. The van der Waals surface area contributed by atoms with Gasteiger partial charge < -0.3 is 4.57 Å². The minimum absolute atomic E-state index is 0.966. The summed E-state index contributed by atoms with van der Waals surface area (Å²) >= 11 is 5.34. The normalized spacial score (nSPS) is 10.6. The lowest BCUT2D eigenvalue weighted by atomic mass is 10.2. The second-order valence-corrected chi connectivity index (χ2v) is 3.68. The molecular formula is C11H11NS. The van der Waals surface area contributed by atoms with Gasteiger partial charge in [0.15, 0.2) is 0 Å². The molecular weight excluding hydrogens is 178 g/mol. The highest BCUT2D eigenvalue weighted by Gasteiger charge is 1.98. The van der Waals surface area contributed by atoms with E-state index in [0.717, 1.165) is 10.1 Å². The van der Waals surface area contributed by atoms with Crippen molar-refractivity contribution in [2.75, 3.05) is 0 Å². The summed E-state index contributed by atoms with van der Waals surface area (Å²) in [7, 11) is 2.05. The zero-order valence-corrected chi connectivity index (χ0v) is 8.56. The van der Waals surface area contributed by atoms with Crippen LogP contribution in [0.25, 0.3) is 10.9 Å². The number of nitrogens with zero attached hydrogens (tertiary/aromatic N) is 1. The van der Waals surface area contributed by atoms with E-state index in [-0.39, 0.29) is 0 Å². The molecule has 0 aliphatic carbocycles. The van der Waals surface area contributed by atoms with Gasteiger partial charge in [-0.1, -0.05) is 30.4 Å². The maximum absolute atomic E-state index is 5.34. The van der Waals surface area contributed by atoms with Crippen molar-refractivity contribution >= 4 is 23.1 Å². The van der Waals surface area contributed by atoms with Crippen LogP contribution in [0.5, 0.6) is 0 Å². The van der Waals surface area contributed by atoms with E-state index in [0.29, 0.717) is 0 Å². The Bertz CT molecular complexity index is 511. The maximum Gasteiger partial charge on any atom is 0.0514 e. The van der Waals surface area contributed by atoms with Gasteiger partial charge in [0.25, 0.3) is 0 Å². The number of pyridine rings is 1. The number of para-hydroxylation sites is 1. The number of rotatable bonds is 0. The first-order valence-corrected chi connectivity index (χ1v) is 4.66. The van der Waals surface area contributed by atoms with E-state index in [1.165, 1.54) is 10.9 Å². The van der Waals surface area contributed by atoms with Crippen LogP contribution in [0.2, 0.25) is 0 Å². The first-order valence-electron chi connectivity index (χ1n) is 4.25. The Balaban J connectivity index is 3.06. The molecule has 1 aromatic heterocycles. The van der Waals surface area contributed by atoms with Crippen LogP contribution in [0.4, 0.5) is 0 Å². The summed E-state index contributed by atoms with van der Waals surface area (Å²) in [6.45, 7) is 2.05. The number of aryl methyl sites for hydroxylation is 2. The molecule has 0 aliphatic rings. The minimum Gasteiger partial charge on any atom is -0.350 e. The molecule has 0 atom stereocenters. The summed E-state index contributed by atoms with van der Waals surface area (Å²) in [5.41, 5.74) is 2.36. The maximum atomic E-state index is 5.34. The van der Waals surface area contributed by atoms with E-state index < -0.39 is 0 Å². The zero-order chi connectivity index (χ0) is 9.42. The molecule has 1 heterocycles. The molecule has 2 heteroatoms. The molecule has 0 radical (unpaired) electrons. The molecule has 13 heavy (non-hydrogen) atoms. The Labute approximate surface area is 82.6 Å². The molecule has 2 aromatic rings. The number of fused-ring (bicyclic) bond motifs is 1. The molecule has 2 rings (SSSR count). The van der Waals surface area contributed by atoms with Crippen molar-refractivity contribution in [3.05, 3.63) is 40.5 Å². The fourth-order valence-electron chi connectivity index (χ4n) is 1.60. The van der Waals surface area contributed by atoms with Crippen LogP contribution >= 0.6 is 12.2 Å². The van der Waals surface area contributed by atoms with Gasteiger partial charge in [0.2, 0.25) is 0 Å². The third kappa shape index (κ3) is 1.27. The molecule has 0 spiro atoms. The van der Waals surface area contributed by atoms with Gasteiger partial charge in [0, 0.05) is 24.1 Å². The highest BCUT2D eigenvalue weighted by atomic mass is 32.1. The van der Waals surface area contributed by atoms with E-state index >= 15 is 0 Å². The highest BCUT2D eigenvalue weighted by molar-refractivity contribution is 7.71. The Morgan fingerprint density at radius 3 is 2.69 bits per heavy atom. The second-order valence-electron chi connectivity index (χ2n) is 3.27. The fraction of sp³-hybridized carbons (Fsp3) is 0.182. The Hall–Kier alpha value is -1.15. The summed E-state index contributed by atoms with van der Waals surface area (Å²) in [6.07, 6.45) is 2.07. The Morgan fingerprint density at radius 2 is 1.92 bits per heavy atom. The van der Waals surface area contributed by atoms with Crippen LogP contribution in [0.3, 0.4) is 0 Å². The summed E-state index contributed by atoms with van der Waals surface area (Å²) in [4.78, 5) is 0. The lowest BCUT2D eigenvalue weighted by Gasteiger charge is -2.06. The average molecular weight is 189 g/mol. The van der Waals surface area contributed by atoms with Crippen LogP contribution in [0.15, 0.2) is 30.5 Å². The van der Waals surface area contributed by atoms with Gasteiger partial charge in [-0.25, -0.2) is 0 Å². The summed E-state index contributed by atoms with van der Waals surface area (Å²) in [5, 5.41) is 1.17. The molecule has 0 saturated heterocycles. The van der Waals surface area contributed by atoms with Crippen molar-refractivity contribution in [3.8, 4) is 0 Å². The smallest absolute Gasteiger partial charge is 0.0514 e. The zero-order valence-electron chi connectivity index (χ0n) is 7.74. The topological polar surface area (TPSA) is 4.93 Å². The van der Waals surface area contributed by atoms with Crippen molar-refractivity contribution in [2.45, 2.75) is 6.92 Å². The van der Waals surface area contributed by atoms with E-state index in [9.17, 15) is 0 Å². The molecule has 66 valence electrons. The molecule has 1 aromatic carbocycles. The Kier molecular flexibility index (Phi) is 1.93. The summed E-state index contributed by atoms with van der Waals surface area (Å²) in [5.74, 6) is 0. The van der Waals surface area contributed by atoms with Crippen LogP contribution in [-0.2, 0) is 7.05 Å². The van der Waals surface area contributed by atoms with Gasteiger partial charge >= 0.3 is 0 Å². The van der Waals surface area contributed by atoms with Gasteiger partial charge in [-0.2, -0.15) is 0 Å². The van der Waals surface area contributed by atoms with Crippen LogP contribution in [0.1, 0.15) is 5.56 Å². The average Bonchev–Trinajstić information content (AvgIpc) is 2.15. The van der Waals surface area contributed by atoms with E-state index in [1.807, 2.05) is 19.2 Å². The molecule has 0 bridgehead atoms. The SMILES string of the molecule is Cc1cn(C)c2ccccc2c1=S. The van der Waals surface area contributed by atoms with Crippen molar-refractivity contribution in [2.24, 2.45) is 7.05 Å². The van der Waals surface area contributed by atoms with Crippen LogP contribution in [-0.4, -0.2) is 4.57 Å². The fourth-order valence-corrected chi connectivity index (χ4v) is 1.83. The lowest BCUT2D eigenvalue weighted by Crippen LogP contribution is -1.94. The molecule has 0 fully saturated rings. The third-order valence-electron chi connectivity index (χ3n) is 2.27. The highest BCUT2D eigenvalue weighted by Crippen LogP contribution is 2.17. The summed E-state index contributed by atoms with van der Waals surface area (Å²) in [6, 6.07) is 8.22. The van der Waals surface area contributed by atoms with Gasteiger partial charge in [-0.3, -0.25) is 0 Å². The van der Waals surface area contributed by atoms with Gasteiger partial charge in [-0.05, 0) is 18.6 Å². The predicted molar refractivity (Wildman–Crippen MR) is 58.5 cm³/mol. The molecule has 0 aliphatic heterocycles. The molecule has 0 N–H and O–H groups in total. The molecule has 1 nitrogen and oxygen atoms in total. The third-order valence-corrected chi connectivity index (χ3v) is 2.82. The van der Waals surface area contributed by atoms with E-state index in [4.69, 9.17) is 12.2 Å². The van der Waals surface area contributed by atoms with Crippen LogP contribution in [0, 0.1) is 11.4 Å². The number of benzene rings is 1. The number of hydrogen-bond acceptors (Lipinski definition) is 1. The van der Waals surface area contributed by atoms with E-state index in [1.54, 1.807) is 0 Å². The van der Waals surface area contributed by atoms with Crippen molar-refractivity contribution < 1.29 is 0 Å². The predicted octanol–water partition coefficient (Wildman–Crippen LogP) is 3.22. The van der Waals surface area contributed by atoms with Gasteiger partial charge in [-0.15, -0.1) is 0 Å². The number of aromatic nitrogens is 1. The second kappa shape index (κ2) is 2.96.